The lowest BCUT2D eigenvalue weighted by molar-refractivity contribution is -0.137. The molecule has 120 valence electrons. The van der Waals surface area contributed by atoms with Crippen LogP contribution in [0.4, 0.5) is 13.2 Å². The van der Waals surface area contributed by atoms with E-state index in [0.29, 0.717) is 27.9 Å². The van der Waals surface area contributed by atoms with Gasteiger partial charge in [0.1, 0.15) is 0 Å². The van der Waals surface area contributed by atoms with E-state index in [1.165, 1.54) is 23.5 Å². The Labute approximate surface area is 133 Å². The third kappa shape index (κ3) is 3.53. The summed E-state index contributed by atoms with van der Waals surface area (Å²) in [5, 5.41) is 3.16. The molecule has 0 bridgehead atoms. The van der Waals surface area contributed by atoms with Crippen LogP contribution in [0.1, 0.15) is 20.9 Å². The molecule has 0 saturated carbocycles. The van der Waals surface area contributed by atoms with E-state index in [1.807, 2.05) is 0 Å². The third-order valence-corrected chi connectivity index (χ3v) is 4.42. The molecule has 2 heterocycles. The largest absolute Gasteiger partial charge is 0.416 e. The van der Waals surface area contributed by atoms with Crippen molar-refractivity contribution in [3.63, 3.8) is 0 Å². The van der Waals surface area contributed by atoms with E-state index in [4.69, 9.17) is 0 Å². The van der Waals surface area contributed by atoms with Crippen molar-refractivity contribution in [2.45, 2.75) is 12.6 Å². The molecule has 0 saturated heterocycles. The number of aromatic amines is 1. The minimum absolute atomic E-state index is 0.292. The summed E-state index contributed by atoms with van der Waals surface area (Å²) < 4.78 is 38.7. The molecule has 2 N–H and O–H groups in total. The molecule has 0 aliphatic rings. The molecule has 4 nitrogen and oxygen atoms in total. The number of imidazole rings is 1. The number of hydrogen-bond acceptors (Lipinski definition) is 3. The summed E-state index contributed by atoms with van der Waals surface area (Å²) >= 11 is 1.17. The molecule has 8 heteroatoms. The zero-order valence-corrected chi connectivity index (χ0v) is 12.6. The summed E-state index contributed by atoms with van der Waals surface area (Å²) in [6, 6.07) is 4.97. The van der Waals surface area contributed by atoms with Gasteiger partial charge in [0.05, 0.1) is 16.8 Å². The van der Waals surface area contributed by atoms with Gasteiger partial charge in [-0.2, -0.15) is 13.2 Å². The number of H-pyrrole nitrogens is 1. The molecule has 0 aliphatic heterocycles. The van der Waals surface area contributed by atoms with Gasteiger partial charge < -0.3 is 10.3 Å². The SMILES string of the molecule is O=C(NCCc1cnc[nH]1)c1cc2cc(C(F)(F)F)ccc2s1. The molecular weight excluding hydrogens is 327 g/mol. The van der Waals surface area contributed by atoms with E-state index in [2.05, 4.69) is 15.3 Å². The fraction of sp³-hybridized carbons (Fsp3) is 0.200. The highest BCUT2D eigenvalue weighted by atomic mass is 32.1. The number of amides is 1. The molecule has 0 aliphatic carbocycles. The molecular formula is C15H12F3N3OS. The lowest BCUT2D eigenvalue weighted by Gasteiger charge is -2.05. The van der Waals surface area contributed by atoms with Crippen LogP contribution in [0.5, 0.6) is 0 Å². The Bertz CT molecular complexity index is 824. The molecule has 0 radical (unpaired) electrons. The number of nitrogens with zero attached hydrogens (tertiary/aromatic N) is 1. The molecule has 3 rings (SSSR count). The number of carbonyl (C=O) groups is 1. The highest BCUT2D eigenvalue weighted by Gasteiger charge is 2.30. The van der Waals surface area contributed by atoms with E-state index >= 15 is 0 Å². The zero-order valence-electron chi connectivity index (χ0n) is 11.8. The summed E-state index contributed by atoms with van der Waals surface area (Å²) in [6.07, 6.45) is -0.552. The number of nitrogens with one attached hydrogen (secondary N) is 2. The first-order valence-corrected chi connectivity index (χ1v) is 7.61. The number of carbonyl (C=O) groups excluding carboxylic acids is 1. The van der Waals surface area contributed by atoms with Crippen molar-refractivity contribution >= 4 is 27.3 Å². The fourth-order valence-corrected chi connectivity index (χ4v) is 3.11. The van der Waals surface area contributed by atoms with Gasteiger partial charge in [0.2, 0.25) is 0 Å². The number of benzene rings is 1. The molecule has 0 spiro atoms. The Balaban J connectivity index is 1.70. The monoisotopic (exact) mass is 339 g/mol. The lowest BCUT2D eigenvalue weighted by Crippen LogP contribution is -2.24. The van der Waals surface area contributed by atoms with Crippen LogP contribution in [-0.2, 0) is 12.6 Å². The van der Waals surface area contributed by atoms with Gasteiger partial charge in [0.25, 0.3) is 5.91 Å². The minimum Gasteiger partial charge on any atom is -0.351 e. The number of thiophene rings is 1. The van der Waals surface area contributed by atoms with Crippen LogP contribution in [0.15, 0.2) is 36.8 Å². The first-order chi connectivity index (χ1) is 10.9. The lowest BCUT2D eigenvalue weighted by atomic mass is 10.1. The third-order valence-electron chi connectivity index (χ3n) is 3.30. The Morgan fingerprint density at radius 2 is 2.13 bits per heavy atom. The van der Waals surface area contributed by atoms with Crippen LogP contribution in [0.2, 0.25) is 0 Å². The van der Waals surface area contributed by atoms with Crippen LogP contribution in [0.25, 0.3) is 10.1 Å². The maximum Gasteiger partial charge on any atom is 0.416 e. The van der Waals surface area contributed by atoms with Crippen LogP contribution in [-0.4, -0.2) is 22.4 Å². The fourth-order valence-electron chi connectivity index (χ4n) is 2.15. The Hall–Kier alpha value is -2.35. The normalized spacial score (nSPS) is 11.8. The van der Waals surface area contributed by atoms with Gasteiger partial charge in [-0.3, -0.25) is 4.79 Å². The molecule has 1 aromatic carbocycles. The number of hydrogen-bond donors (Lipinski definition) is 2. The number of aromatic nitrogens is 2. The van der Waals surface area contributed by atoms with Gasteiger partial charge in [0.15, 0.2) is 0 Å². The second-order valence-electron chi connectivity index (χ2n) is 4.94. The summed E-state index contributed by atoms with van der Waals surface area (Å²) in [7, 11) is 0. The maximum absolute atomic E-state index is 12.7. The molecule has 1 amide bonds. The number of fused-ring (bicyclic) bond motifs is 1. The average Bonchev–Trinajstić information content (AvgIpc) is 3.14. The number of halogens is 3. The van der Waals surface area contributed by atoms with Gasteiger partial charge >= 0.3 is 6.18 Å². The van der Waals surface area contributed by atoms with Gasteiger partial charge in [-0.05, 0) is 29.7 Å². The highest BCUT2D eigenvalue weighted by Crippen LogP contribution is 2.34. The van der Waals surface area contributed by atoms with Crippen LogP contribution in [0.3, 0.4) is 0 Å². The van der Waals surface area contributed by atoms with E-state index in [0.717, 1.165) is 17.8 Å². The van der Waals surface area contributed by atoms with Crippen molar-refractivity contribution in [3.05, 3.63) is 52.9 Å². The highest BCUT2D eigenvalue weighted by molar-refractivity contribution is 7.20. The van der Waals surface area contributed by atoms with Gasteiger partial charge in [-0.15, -0.1) is 11.3 Å². The summed E-state index contributed by atoms with van der Waals surface area (Å²) in [6.45, 7) is 0.420. The molecule has 3 aromatic rings. The zero-order chi connectivity index (χ0) is 16.4. The standard InChI is InChI=1S/C15H12F3N3OS/c16-15(17,18)10-1-2-12-9(5-10)6-13(23-12)14(22)20-4-3-11-7-19-8-21-11/h1-2,5-8H,3-4H2,(H,19,21)(H,20,22). The number of rotatable bonds is 4. The van der Waals surface area contributed by atoms with Crippen molar-refractivity contribution in [2.24, 2.45) is 0 Å². The van der Waals surface area contributed by atoms with Crippen molar-refractivity contribution < 1.29 is 18.0 Å². The van der Waals surface area contributed by atoms with E-state index in [1.54, 1.807) is 12.5 Å². The predicted molar refractivity (Wildman–Crippen MR) is 81.5 cm³/mol. The van der Waals surface area contributed by atoms with Crippen LogP contribution >= 0.6 is 11.3 Å². The van der Waals surface area contributed by atoms with E-state index in [-0.39, 0.29) is 5.91 Å². The van der Waals surface area contributed by atoms with E-state index < -0.39 is 11.7 Å². The van der Waals surface area contributed by atoms with Crippen molar-refractivity contribution in [2.75, 3.05) is 6.54 Å². The summed E-state index contributed by atoms with van der Waals surface area (Å²) in [5.41, 5.74) is 0.186. The molecule has 23 heavy (non-hydrogen) atoms. The Kier molecular flexibility index (Phi) is 4.08. The topological polar surface area (TPSA) is 57.8 Å². The smallest absolute Gasteiger partial charge is 0.351 e. The maximum atomic E-state index is 12.7. The summed E-state index contributed by atoms with van der Waals surface area (Å²) in [4.78, 5) is 19.3. The number of alkyl halides is 3. The first kappa shape index (κ1) is 15.5. The van der Waals surface area contributed by atoms with Crippen molar-refractivity contribution in [3.8, 4) is 0 Å². The van der Waals surface area contributed by atoms with Crippen LogP contribution in [0, 0.1) is 0 Å². The van der Waals surface area contributed by atoms with Crippen LogP contribution < -0.4 is 5.32 Å². The quantitative estimate of drug-likeness (QED) is 0.763. The second-order valence-corrected chi connectivity index (χ2v) is 6.03. The first-order valence-electron chi connectivity index (χ1n) is 6.80. The Morgan fingerprint density at radius 1 is 1.30 bits per heavy atom. The van der Waals surface area contributed by atoms with Crippen molar-refractivity contribution in [1.82, 2.24) is 15.3 Å². The molecule has 0 fully saturated rings. The predicted octanol–water partition coefficient (Wildman–Crippen LogP) is 3.62. The van der Waals surface area contributed by atoms with E-state index in [9.17, 15) is 18.0 Å². The molecule has 0 atom stereocenters. The van der Waals surface area contributed by atoms with Gasteiger partial charge in [0, 0.05) is 29.6 Å². The Morgan fingerprint density at radius 3 is 2.83 bits per heavy atom. The molecule has 0 unspecified atom stereocenters. The second kappa shape index (κ2) is 6.04. The summed E-state index contributed by atoms with van der Waals surface area (Å²) in [5.74, 6) is -0.292. The molecule has 2 aromatic heterocycles. The minimum atomic E-state index is -4.39. The van der Waals surface area contributed by atoms with Gasteiger partial charge in [-0.25, -0.2) is 4.98 Å². The van der Waals surface area contributed by atoms with Crippen molar-refractivity contribution in [1.29, 1.82) is 0 Å². The van der Waals surface area contributed by atoms with Gasteiger partial charge in [-0.1, -0.05) is 0 Å². The average molecular weight is 339 g/mol.